The molecule has 1 atom stereocenters. The Morgan fingerprint density at radius 2 is 1.94 bits per heavy atom. The van der Waals surface area contributed by atoms with Gasteiger partial charge in [0.05, 0.1) is 0 Å². The zero-order valence-corrected chi connectivity index (χ0v) is 10.7. The Morgan fingerprint density at radius 1 is 1.38 bits per heavy atom. The maximum atomic E-state index is 11.0. The van der Waals surface area contributed by atoms with Crippen molar-refractivity contribution in [3.8, 4) is 0 Å². The van der Waals surface area contributed by atoms with Gasteiger partial charge in [0.15, 0.2) is 0 Å². The molecule has 1 aromatic carbocycles. The Morgan fingerprint density at radius 3 is 2.44 bits per heavy atom. The Kier molecular flexibility index (Phi) is 3.98. The normalized spacial score (nSPS) is 13.5. The first kappa shape index (κ1) is 13.0. The largest absolute Gasteiger partial charge is 0.368 e. The van der Waals surface area contributed by atoms with Crippen LogP contribution in [-0.4, -0.2) is 11.3 Å². The highest BCUT2D eigenvalue weighted by Crippen LogP contribution is 2.27. The first-order valence-electron chi connectivity index (χ1n) is 5.34. The molecule has 1 amide bonds. The molecule has 2 nitrogen and oxygen atoms in total. The summed E-state index contributed by atoms with van der Waals surface area (Å²) in [5.74, 6) is -0.467. The van der Waals surface area contributed by atoms with Crippen LogP contribution in [0.1, 0.15) is 31.9 Å². The van der Waals surface area contributed by atoms with Crippen LogP contribution < -0.4 is 5.73 Å². The number of carbonyl (C=O) groups is 1. The van der Waals surface area contributed by atoms with Crippen LogP contribution in [-0.2, 0) is 16.6 Å². The van der Waals surface area contributed by atoms with E-state index in [9.17, 15) is 4.79 Å². The van der Waals surface area contributed by atoms with Crippen LogP contribution in [0.3, 0.4) is 0 Å². The third-order valence-electron chi connectivity index (χ3n) is 2.53. The maximum Gasteiger partial charge on any atom is 0.235 e. The number of rotatable bonds is 3. The van der Waals surface area contributed by atoms with Gasteiger partial charge in [-0.15, -0.1) is 11.6 Å². The molecule has 1 aromatic rings. The molecule has 0 aliphatic carbocycles. The van der Waals surface area contributed by atoms with Gasteiger partial charge < -0.3 is 5.73 Å². The van der Waals surface area contributed by atoms with Gasteiger partial charge in [0, 0.05) is 0 Å². The number of carbonyl (C=O) groups excluding carboxylic acids is 1. The van der Waals surface area contributed by atoms with Gasteiger partial charge in [0.1, 0.15) is 5.38 Å². The van der Waals surface area contributed by atoms with Crippen LogP contribution in [0, 0.1) is 0 Å². The van der Waals surface area contributed by atoms with Crippen molar-refractivity contribution in [3.63, 3.8) is 0 Å². The van der Waals surface area contributed by atoms with Crippen molar-refractivity contribution in [2.24, 2.45) is 5.73 Å². The summed E-state index contributed by atoms with van der Waals surface area (Å²) in [4.78, 5) is 11.0. The number of nitrogens with two attached hydrogens (primary N) is 1. The molecule has 0 saturated carbocycles. The zero-order chi connectivity index (χ0) is 12.3. The smallest absolute Gasteiger partial charge is 0.235 e. The monoisotopic (exact) mass is 239 g/mol. The lowest BCUT2D eigenvalue weighted by atomic mass is 9.82. The van der Waals surface area contributed by atoms with Crippen LogP contribution in [0.5, 0.6) is 0 Å². The van der Waals surface area contributed by atoms with Gasteiger partial charge in [-0.3, -0.25) is 4.79 Å². The Bertz CT molecular complexity index is 382. The molecular weight excluding hydrogens is 222 g/mol. The highest BCUT2D eigenvalue weighted by atomic mass is 35.5. The van der Waals surface area contributed by atoms with E-state index in [1.165, 1.54) is 5.56 Å². The fraction of sp³-hybridized carbons (Fsp3) is 0.462. The number of benzene rings is 1. The Labute approximate surface area is 102 Å². The summed E-state index contributed by atoms with van der Waals surface area (Å²) in [5, 5.41) is -0.636. The number of halogens is 1. The van der Waals surface area contributed by atoms with Crippen molar-refractivity contribution >= 4 is 17.5 Å². The van der Waals surface area contributed by atoms with Gasteiger partial charge in [-0.1, -0.05) is 45.0 Å². The first-order valence-corrected chi connectivity index (χ1v) is 5.78. The van der Waals surface area contributed by atoms with Crippen molar-refractivity contribution in [2.75, 3.05) is 0 Å². The molecule has 88 valence electrons. The predicted molar refractivity (Wildman–Crippen MR) is 67.7 cm³/mol. The van der Waals surface area contributed by atoms with Crippen molar-refractivity contribution in [3.05, 3.63) is 35.4 Å². The summed E-state index contributed by atoms with van der Waals surface area (Å²) in [7, 11) is 0. The minimum absolute atomic E-state index is 0.0465. The molecule has 0 spiro atoms. The van der Waals surface area contributed by atoms with E-state index in [2.05, 4.69) is 26.8 Å². The second-order valence-corrected chi connectivity index (χ2v) is 5.51. The molecule has 0 saturated heterocycles. The van der Waals surface area contributed by atoms with Gasteiger partial charge >= 0.3 is 0 Å². The van der Waals surface area contributed by atoms with Crippen LogP contribution in [0.15, 0.2) is 24.3 Å². The van der Waals surface area contributed by atoms with E-state index in [1.807, 2.05) is 18.2 Å². The van der Waals surface area contributed by atoms with Gasteiger partial charge in [0.25, 0.3) is 0 Å². The van der Waals surface area contributed by atoms with E-state index < -0.39 is 11.3 Å². The lowest BCUT2D eigenvalue weighted by molar-refractivity contribution is -0.117. The molecule has 0 aliphatic heterocycles. The zero-order valence-electron chi connectivity index (χ0n) is 9.96. The van der Waals surface area contributed by atoms with Crippen LogP contribution >= 0.6 is 11.6 Å². The summed E-state index contributed by atoms with van der Waals surface area (Å²) < 4.78 is 0. The molecule has 0 radical (unpaired) electrons. The average molecular weight is 240 g/mol. The predicted octanol–water partition coefficient (Wildman–Crippen LogP) is 2.62. The van der Waals surface area contributed by atoms with Gasteiger partial charge in [-0.2, -0.15) is 0 Å². The first-order chi connectivity index (χ1) is 7.32. The highest BCUT2D eigenvalue weighted by molar-refractivity contribution is 6.30. The summed E-state index contributed by atoms with van der Waals surface area (Å²) in [6.07, 6.45) is 0.490. The summed E-state index contributed by atoms with van der Waals surface area (Å²) >= 11 is 5.90. The molecule has 2 N–H and O–H groups in total. The van der Waals surface area contributed by atoms with Gasteiger partial charge in [-0.05, 0) is 23.0 Å². The number of primary amides is 1. The van der Waals surface area contributed by atoms with Crippen LogP contribution in [0.25, 0.3) is 0 Å². The van der Waals surface area contributed by atoms with Crippen molar-refractivity contribution in [1.82, 2.24) is 0 Å². The molecule has 1 unspecified atom stereocenters. The summed E-state index contributed by atoms with van der Waals surface area (Å²) in [6.45, 7) is 6.41. The van der Waals surface area contributed by atoms with E-state index in [0.29, 0.717) is 6.42 Å². The maximum absolute atomic E-state index is 11.0. The second kappa shape index (κ2) is 4.88. The Hall–Kier alpha value is -1.02. The summed E-state index contributed by atoms with van der Waals surface area (Å²) in [6, 6.07) is 8.02. The molecular formula is C13H18ClNO. The van der Waals surface area contributed by atoms with E-state index in [4.69, 9.17) is 17.3 Å². The number of hydrogen-bond acceptors (Lipinski definition) is 1. The fourth-order valence-electron chi connectivity index (χ4n) is 1.72. The van der Waals surface area contributed by atoms with E-state index in [-0.39, 0.29) is 5.41 Å². The van der Waals surface area contributed by atoms with Crippen LogP contribution in [0.2, 0.25) is 0 Å². The molecule has 0 heterocycles. The highest BCUT2D eigenvalue weighted by Gasteiger charge is 2.20. The lowest BCUT2D eigenvalue weighted by Crippen LogP contribution is -2.26. The number of hydrogen-bond donors (Lipinski definition) is 1. The van der Waals surface area contributed by atoms with Crippen molar-refractivity contribution in [2.45, 2.75) is 38.0 Å². The summed E-state index contributed by atoms with van der Waals surface area (Å²) in [5.41, 5.74) is 7.52. The average Bonchev–Trinajstić information content (AvgIpc) is 2.16. The third-order valence-corrected chi connectivity index (χ3v) is 2.90. The lowest BCUT2D eigenvalue weighted by Gasteiger charge is -2.23. The van der Waals surface area contributed by atoms with Gasteiger partial charge in [0.2, 0.25) is 5.91 Å². The second-order valence-electron chi connectivity index (χ2n) is 4.98. The van der Waals surface area contributed by atoms with Crippen LogP contribution in [0.4, 0.5) is 0 Å². The Balaban J connectivity index is 3.01. The standard InChI is InChI=1S/C13H18ClNO/c1-13(2,3)10-7-5-4-6-9(10)8-11(14)12(15)16/h4-7,11H,8H2,1-3H3,(H2,15,16). The number of alkyl halides is 1. The van der Waals surface area contributed by atoms with E-state index in [1.54, 1.807) is 0 Å². The molecule has 0 bridgehead atoms. The topological polar surface area (TPSA) is 43.1 Å². The minimum Gasteiger partial charge on any atom is -0.368 e. The van der Waals surface area contributed by atoms with Crippen molar-refractivity contribution in [1.29, 1.82) is 0 Å². The molecule has 0 aliphatic rings. The minimum atomic E-state index is -0.636. The SMILES string of the molecule is CC(C)(C)c1ccccc1CC(Cl)C(N)=O. The van der Waals surface area contributed by atoms with E-state index >= 15 is 0 Å². The third kappa shape index (κ3) is 3.24. The molecule has 1 rings (SSSR count). The molecule has 0 fully saturated rings. The van der Waals surface area contributed by atoms with Crippen molar-refractivity contribution < 1.29 is 4.79 Å². The van der Waals surface area contributed by atoms with Gasteiger partial charge in [-0.25, -0.2) is 0 Å². The quantitative estimate of drug-likeness (QED) is 0.810. The molecule has 3 heteroatoms. The fourth-order valence-corrected chi connectivity index (χ4v) is 1.89. The molecule has 16 heavy (non-hydrogen) atoms. The number of amides is 1. The molecule has 0 aromatic heterocycles. The van der Waals surface area contributed by atoms with E-state index in [0.717, 1.165) is 5.56 Å².